The molecule has 1 atom stereocenters. The molecule has 118 valence electrons. The van der Waals surface area contributed by atoms with E-state index in [1.165, 1.54) is 0 Å². The summed E-state index contributed by atoms with van der Waals surface area (Å²) in [7, 11) is 0. The molecular formula is C18H18ClN3O. The van der Waals surface area contributed by atoms with Crippen LogP contribution in [0.2, 0.25) is 5.02 Å². The van der Waals surface area contributed by atoms with E-state index in [4.69, 9.17) is 22.1 Å². The standard InChI is InChI=1S/C18H18ClN3O/c1-2-12(11-23-16-10-6-4-8-14(16)19)17-13-7-3-5-9-15(13)21-18(20)22-17/h3-10,12H,2,11H2,1H3,(H2,20,21,22). The number of aromatic nitrogens is 2. The molecule has 1 heterocycles. The van der Waals surface area contributed by atoms with Gasteiger partial charge in [-0.2, -0.15) is 0 Å². The van der Waals surface area contributed by atoms with Crippen LogP contribution in [0.4, 0.5) is 5.95 Å². The summed E-state index contributed by atoms with van der Waals surface area (Å²) in [5, 5.41) is 1.62. The zero-order valence-corrected chi connectivity index (χ0v) is 13.6. The van der Waals surface area contributed by atoms with Gasteiger partial charge in [0.05, 0.1) is 22.8 Å². The second-order valence-electron chi connectivity index (χ2n) is 5.33. The lowest BCUT2D eigenvalue weighted by molar-refractivity contribution is 0.283. The molecule has 3 rings (SSSR count). The minimum Gasteiger partial charge on any atom is -0.491 e. The van der Waals surface area contributed by atoms with Crippen LogP contribution < -0.4 is 10.5 Å². The molecule has 0 spiro atoms. The predicted octanol–water partition coefficient (Wildman–Crippen LogP) is 4.44. The summed E-state index contributed by atoms with van der Waals surface area (Å²) in [4.78, 5) is 8.75. The first-order valence-corrected chi connectivity index (χ1v) is 7.96. The topological polar surface area (TPSA) is 61.0 Å². The van der Waals surface area contributed by atoms with Crippen molar-refractivity contribution < 1.29 is 4.74 Å². The lowest BCUT2D eigenvalue weighted by atomic mass is 9.99. The molecule has 2 aromatic carbocycles. The Hall–Kier alpha value is -2.33. The van der Waals surface area contributed by atoms with Gasteiger partial charge in [0.2, 0.25) is 5.95 Å². The van der Waals surface area contributed by atoms with Gasteiger partial charge < -0.3 is 10.5 Å². The lowest BCUT2D eigenvalue weighted by Crippen LogP contribution is -2.13. The third-order valence-electron chi connectivity index (χ3n) is 3.81. The van der Waals surface area contributed by atoms with Crippen LogP contribution in [-0.2, 0) is 0 Å². The molecule has 2 N–H and O–H groups in total. The third-order valence-corrected chi connectivity index (χ3v) is 4.12. The van der Waals surface area contributed by atoms with Crippen molar-refractivity contribution in [2.75, 3.05) is 12.3 Å². The summed E-state index contributed by atoms with van der Waals surface area (Å²) in [6.45, 7) is 2.59. The summed E-state index contributed by atoms with van der Waals surface area (Å²) in [6.07, 6.45) is 0.880. The lowest BCUT2D eigenvalue weighted by Gasteiger charge is -2.18. The van der Waals surface area contributed by atoms with Crippen molar-refractivity contribution in [3.05, 3.63) is 59.2 Å². The molecular weight excluding hydrogens is 310 g/mol. The molecule has 0 saturated carbocycles. The van der Waals surface area contributed by atoms with Gasteiger partial charge in [0.15, 0.2) is 0 Å². The van der Waals surface area contributed by atoms with Crippen molar-refractivity contribution in [2.45, 2.75) is 19.3 Å². The number of hydrogen-bond donors (Lipinski definition) is 1. The highest BCUT2D eigenvalue weighted by molar-refractivity contribution is 6.32. The first-order valence-electron chi connectivity index (χ1n) is 7.58. The van der Waals surface area contributed by atoms with E-state index in [0.717, 1.165) is 23.0 Å². The number of fused-ring (bicyclic) bond motifs is 1. The Morgan fingerprint density at radius 2 is 1.83 bits per heavy atom. The van der Waals surface area contributed by atoms with Crippen molar-refractivity contribution in [1.82, 2.24) is 9.97 Å². The quantitative estimate of drug-likeness (QED) is 0.752. The maximum Gasteiger partial charge on any atom is 0.220 e. The molecule has 0 aliphatic heterocycles. The Bertz CT molecular complexity index is 822. The van der Waals surface area contributed by atoms with Gasteiger partial charge in [0.25, 0.3) is 0 Å². The zero-order chi connectivity index (χ0) is 16.2. The van der Waals surface area contributed by atoms with Crippen molar-refractivity contribution in [3.8, 4) is 5.75 Å². The molecule has 0 aliphatic carbocycles. The minimum absolute atomic E-state index is 0.112. The molecule has 0 amide bonds. The monoisotopic (exact) mass is 327 g/mol. The van der Waals surface area contributed by atoms with Crippen LogP contribution in [0.25, 0.3) is 10.9 Å². The molecule has 23 heavy (non-hydrogen) atoms. The number of benzene rings is 2. The number of hydrogen-bond acceptors (Lipinski definition) is 4. The van der Waals surface area contributed by atoms with Gasteiger partial charge in [-0.05, 0) is 24.6 Å². The number of halogens is 1. The van der Waals surface area contributed by atoms with Crippen LogP contribution in [0.15, 0.2) is 48.5 Å². The third kappa shape index (κ3) is 3.37. The van der Waals surface area contributed by atoms with E-state index in [1.54, 1.807) is 0 Å². The van der Waals surface area contributed by atoms with Crippen molar-refractivity contribution in [1.29, 1.82) is 0 Å². The Kier molecular flexibility index (Phi) is 4.63. The first-order chi connectivity index (χ1) is 11.2. The highest BCUT2D eigenvalue weighted by Gasteiger charge is 2.17. The smallest absolute Gasteiger partial charge is 0.220 e. The second kappa shape index (κ2) is 6.84. The molecule has 0 bridgehead atoms. The normalized spacial score (nSPS) is 12.3. The average Bonchev–Trinajstić information content (AvgIpc) is 2.56. The van der Waals surface area contributed by atoms with Gasteiger partial charge in [0.1, 0.15) is 5.75 Å². The van der Waals surface area contributed by atoms with Crippen molar-refractivity contribution in [2.24, 2.45) is 0 Å². The molecule has 0 radical (unpaired) electrons. The predicted molar refractivity (Wildman–Crippen MR) is 93.9 cm³/mol. The molecule has 4 nitrogen and oxygen atoms in total. The van der Waals surface area contributed by atoms with Crippen molar-refractivity contribution >= 4 is 28.5 Å². The largest absolute Gasteiger partial charge is 0.491 e. The summed E-state index contributed by atoms with van der Waals surface area (Å²) in [5.41, 5.74) is 7.64. The van der Waals surface area contributed by atoms with Crippen LogP contribution in [0.5, 0.6) is 5.75 Å². The zero-order valence-electron chi connectivity index (χ0n) is 12.9. The van der Waals surface area contributed by atoms with E-state index < -0.39 is 0 Å². The van der Waals surface area contributed by atoms with Crippen LogP contribution in [0.1, 0.15) is 25.0 Å². The number of ether oxygens (including phenoxy) is 1. The fraction of sp³-hybridized carbons (Fsp3) is 0.222. The van der Waals surface area contributed by atoms with Crippen LogP contribution in [0.3, 0.4) is 0 Å². The maximum absolute atomic E-state index is 6.15. The molecule has 3 aromatic rings. The van der Waals surface area contributed by atoms with Crippen LogP contribution in [-0.4, -0.2) is 16.6 Å². The summed E-state index contributed by atoms with van der Waals surface area (Å²) in [5.74, 6) is 1.08. The van der Waals surface area contributed by atoms with E-state index in [-0.39, 0.29) is 11.9 Å². The first kappa shape index (κ1) is 15.6. The molecule has 5 heteroatoms. The van der Waals surface area contributed by atoms with Crippen molar-refractivity contribution in [3.63, 3.8) is 0 Å². The number of para-hydroxylation sites is 2. The highest BCUT2D eigenvalue weighted by Crippen LogP contribution is 2.29. The van der Waals surface area contributed by atoms with Gasteiger partial charge in [-0.15, -0.1) is 0 Å². The van der Waals surface area contributed by atoms with Gasteiger partial charge in [-0.1, -0.05) is 48.9 Å². The number of nitrogens with two attached hydrogens (primary N) is 1. The number of nitrogens with zero attached hydrogens (tertiary/aromatic N) is 2. The Balaban J connectivity index is 1.91. The SMILES string of the molecule is CCC(COc1ccccc1Cl)c1nc(N)nc2ccccc12. The second-order valence-corrected chi connectivity index (χ2v) is 5.74. The van der Waals surface area contributed by atoms with Gasteiger partial charge in [-0.3, -0.25) is 0 Å². The Labute approximate surface area is 140 Å². The minimum atomic E-state index is 0.112. The highest BCUT2D eigenvalue weighted by atomic mass is 35.5. The number of rotatable bonds is 5. The van der Waals surface area contributed by atoms with E-state index in [1.807, 2.05) is 48.5 Å². The maximum atomic E-state index is 6.15. The molecule has 0 aliphatic rings. The fourth-order valence-electron chi connectivity index (χ4n) is 2.57. The van der Waals surface area contributed by atoms with E-state index in [9.17, 15) is 0 Å². The Morgan fingerprint density at radius 3 is 2.61 bits per heavy atom. The summed E-state index contributed by atoms with van der Waals surface area (Å²) in [6, 6.07) is 15.3. The van der Waals surface area contributed by atoms with E-state index in [2.05, 4.69) is 16.9 Å². The van der Waals surface area contributed by atoms with E-state index in [0.29, 0.717) is 17.4 Å². The number of anilines is 1. The molecule has 0 fully saturated rings. The molecule has 1 aromatic heterocycles. The van der Waals surface area contributed by atoms with Gasteiger partial charge in [-0.25, -0.2) is 9.97 Å². The van der Waals surface area contributed by atoms with E-state index >= 15 is 0 Å². The van der Waals surface area contributed by atoms with Gasteiger partial charge in [0, 0.05) is 11.3 Å². The average molecular weight is 328 g/mol. The molecule has 0 saturated heterocycles. The fourth-order valence-corrected chi connectivity index (χ4v) is 2.76. The van der Waals surface area contributed by atoms with Gasteiger partial charge >= 0.3 is 0 Å². The van der Waals surface area contributed by atoms with Crippen LogP contribution >= 0.6 is 11.6 Å². The summed E-state index contributed by atoms with van der Waals surface area (Å²) < 4.78 is 5.90. The summed E-state index contributed by atoms with van der Waals surface area (Å²) >= 11 is 6.15. The Morgan fingerprint density at radius 1 is 1.09 bits per heavy atom. The van der Waals surface area contributed by atoms with Crippen LogP contribution in [0, 0.1) is 0 Å². The molecule has 1 unspecified atom stereocenters. The number of nitrogen functional groups attached to an aromatic ring is 1.